The van der Waals surface area contributed by atoms with Crippen molar-refractivity contribution < 1.29 is 0 Å². The Labute approximate surface area is 124 Å². The second kappa shape index (κ2) is 6.89. The Kier molecular flexibility index (Phi) is 6.56. The van der Waals surface area contributed by atoms with Crippen LogP contribution in [0.1, 0.15) is 17.0 Å². The number of imidazole rings is 1. The lowest BCUT2D eigenvalue weighted by atomic mass is 10.1. The highest BCUT2D eigenvalue weighted by Crippen LogP contribution is 2.17. The first kappa shape index (κ1) is 17.1. The van der Waals surface area contributed by atoms with Crippen molar-refractivity contribution in [3.63, 3.8) is 0 Å². The van der Waals surface area contributed by atoms with E-state index in [-0.39, 0.29) is 24.8 Å². The van der Waals surface area contributed by atoms with Gasteiger partial charge in [-0.25, -0.2) is 4.98 Å². The lowest BCUT2D eigenvalue weighted by Crippen LogP contribution is -2.30. The molecule has 0 amide bonds. The second-order valence-corrected chi connectivity index (χ2v) is 4.37. The zero-order valence-electron chi connectivity index (χ0n) is 10.1. The molecule has 0 spiro atoms. The standard InChI is InChI=1S/C11H14N4S.2ClH/c1-6-3-8-9(4-7(6)2)14-10(13-8)5-11(16)15-12;;/h3-4H,5,12H2,1-2H3,(H,13,14)(H,15,16);2*1H. The molecule has 100 valence electrons. The van der Waals surface area contributed by atoms with E-state index in [4.69, 9.17) is 18.1 Å². The van der Waals surface area contributed by atoms with Crippen LogP contribution in [0, 0.1) is 13.8 Å². The van der Waals surface area contributed by atoms with Crippen LogP contribution >= 0.6 is 37.0 Å². The van der Waals surface area contributed by atoms with Gasteiger partial charge in [0, 0.05) is 0 Å². The van der Waals surface area contributed by atoms with Gasteiger partial charge in [0.05, 0.1) is 22.4 Å². The topological polar surface area (TPSA) is 66.7 Å². The molecule has 2 aromatic rings. The fourth-order valence-electron chi connectivity index (χ4n) is 1.61. The van der Waals surface area contributed by atoms with Crippen molar-refractivity contribution in [3.05, 3.63) is 29.1 Å². The molecule has 0 atom stereocenters. The van der Waals surface area contributed by atoms with Crippen LogP contribution in [0.5, 0.6) is 0 Å². The quantitative estimate of drug-likeness (QED) is 0.453. The summed E-state index contributed by atoms with van der Waals surface area (Å²) < 4.78 is 0. The predicted molar refractivity (Wildman–Crippen MR) is 83.7 cm³/mol. The summed E-state index contributed by atoms with van der Waals surface area (Å²) in [4.78, 5) is 8.28. The molecule has 4 N–H and O–H groups in total. The van der Waals surface area contributed by atoms with Gasteiger partial charge in [-0.2, -0.15) is 0 Å². The lowest BCUT2D eigenvalue weighted by Gasteiger charge is -1.97. The van der Waals surface area contributed by atoms with Crippen molar-refractivity contribution in [3.8, 4) is 0 Å². The Morgan fingerprint density at radius 1 is 1.33 bits per heavy atom. The minimum atomic E-state index is 0. The number of aryl methyl sites for hydroxylation is 2. The van der Waals surface area contributed by atoms with Crippen LogP contribution in [0.25, 0.3) is 11.0 Å². The van der Waals surface area contributed by atoms with E-state index in [1.807, 2.05) is 0 Å². The average Bonchev–Trinajstić information content (AvgIpc) is 2.60. The molecule has 0 bridgehead atoms. The number of hydrogen-bond donors (Lipinski definition) is 3. The zero-order chi connectivity index (χ0) is 11.7. The van der Waals surface area contributed by atoms with E-state index < -0.39 is 0 Å². The number of thiocarbonyl (C=S) groups is 1. The molecule has 1 aromatic carbocycles. The van der Waals surface area contributed by atoms with Gasteiger partial charge in [-0.05, 0) is 37.1 Å². The summed E-state index contributed by atoms with van der Waals surface area (Å²) in [5.41, 5.74) is 6.95. The van der Waals surface area contributed by atoms with Crippen molar-refractivity contribution >= 4 is 53.1 Å². The van der Waals surface area contributed by atoms with Crippen LogP contribution in [0.2, 0.25) is 0 Å². The molecule has 18 heavy (non-hydrogen) atoms. The Hall–Kier alpha value is -0.880. The van der Waals surface area contributed by atoms with Gasteiger partial charge < -0.3 is 10.4 Å². The second-order valence-electron chi connectivity index (χ2n) is 3.88. The number of benzene rings is 1. The number of aromatic amines is 1. The minimum absolute atomic E-state index is 0. The molecule has 0 saturated carbocycles. The first-order chi connectivity index (χ1) is 7.60. The molecule has 1 aromatic heterocycles. The lowest BCUT2D eigenvalue weighted by molar-refractivity contribution is 0.989. The van der Waals surface area contributed by atoms with Crippen molar-refractivity contribution in [1.29, 1.82) is 0 Å². The number of halogens is 2. The van der Waals surface area contributed by atoms with E-state index in [0.717, 1.165) is 16.9 Å². The highest BCUT2D eigenvalue weighted by Gasteiger charge is 2.06. The van der Waals surface area contributed by atoms with Gasteiger partial charge in [-0.15, -0.1) is 24.8 Å². The van der Waals surface area contributed by atoms with E-state index in [2.05, 4.69) is 41.4 Å². The smallest absolute Gasteiger partial charge is 0.114 e. The van der Waals surface area contributed by atoms with Crippen LogP contribution in [-0.4, -0.2) is 15.0 Å². The molecule has 0 unspecified atom stereocenters. The number of nitrogens with two attached hydrogens (primary N) is 1. The van der Waals surface area contributed by atoms with E-state index in [1.165, 1.54) is 11.1 Å². The summed E-state index contributed by atoms with van der Waals surface area (Å²) in [7, 11) is 0. The highest BCUT2D eigenvalue weighted by molar-refractivity contribution is 7.80. The van der Waals surface area contributed by atoms with Crippen molar-refractivity contribution in [1.82, 2.24) is 15.4 Å². The molecular formula is C11H16Cl2N4S. The number of aromatic nitrogens is 2. The van der Waals surface area contributed by atoms with Crippen LogP contribution in [0.4, 0.5) is 0 Å². The molecule has 0 aliphatic rings. The molecule has 0 radical (unpaired) electrons. The Morgan fingerprint density at radius 2 is 1.94 bits per heavy atom. The number of nitrogens with one attached hydrogen (secondary N) is 2. The van der Waals surface area contributed by atoms with E-state index in [0.29, 0.717) is 11.4 Å². The van der Waals surface area contributed by atoms with Gasteiger partial charge in [0.1, 0.15) is 5.82 Å². The summed E-state index contributed by atoms with van der Waals surface area (Å²) in [5.74, 6) is 6.07. The number of fused-ring (bicyclic) bond motifs is 1. The van der Waals surface area contributed by atoms with Gasteiger partial charge in [0.25, 0.3) is 0 Å². The van der Waals surface area contributed by atoms with Crippen molar-refractivity contribution in [2.24, 2.45) is 5.84 Å². The maximum Gasteiger partial charge on any atom is 0.114 e. The Morgan fingerprint density at radius 3 is 2.56 bits per heavy atom. The molecule has 0 fully saturated rings. The molecule has 2 rings (SSSR count). The number of hydrazine groups is 1. The minimum Gasteiger partial charge on any atom is -0.342 e. The summed E-state index contributed by atoms with van der Waals surface area (Å²) in [6.45, 7) is 4.16. The first-order valence-corrected chi connectivity index (χ1v) is 5.46. The fourth-order valence-corrected chi connectivity index (χ4v) is 1.75. The van der Waals surface area contributed by atoms with Crippen LogP contribution < -0.4 is 11.3 Å². The number of rotatable bonds is 2. The molecule has 0 aliphatic carbocycles. The number of hydrogen-bond acceptors (Lipinski definition) is 3. The normalized spacial score (nSPS) is 9.50. The third kappa shape index (κ3) is 3.55. The van der Waals surface area contributed by atoms with Crippen LogP contribution in [0.3, 0.4) is 0 Å². The average molecular weight is 307 g/mol. The molecule has 7 heteroatoms. The van der Waals surface area contributed by atoms with Crippen LogP contribution in [0.15, 0.2) is 12.1 Å². The van der Waals surface area contributed by atoms with E-state index in [9.17, 15) is 0 Å². The van der Waals surface area contributed by atoms with Crippen molar-refractivity contribution in [2.75, 3.05) is 0 Å². The maximum atomic E-state index is 5.23. The van der Waals surface area contributed by atoms with E-state index in [1.54, 1.807) is 0 Å². The zero-order valence-corrected chi connectivity index (χ0v) is 12.6. The molecule has 0 aliphatic heterocycles. The molecule has 4 nitrogen and oxygen atoms in total. The summed E-state index contributed by atoms with van der Waals surface area (Å²) in [6.07, 6.45) is 0.540. The van der Waals surface area contributed by atoms with Gasteiger partial charge in [-0.3, -0.25) is 5.84 Å². The van der Waals surface area contributed by atoms with Gasteiger partial charge in [0.2, 0.25) is 0 Å². The Bertz CT molecular complexity index is 514. The SMILES string of the molecule is Cc1cc2nc(CC(=S)NN)[nH]c2cc1C.Cl.Cl. The first-order valence-electron chi connectivity index (χ1n) is 5.05. The predicted octanol–water partition coefficient (Wildman–Crippen LogP) is 2.36. The van der Waals surface area contributed by atoms with Crippen molar-refractivity contribution in [2.45, 2.75) is 20.3 Å². The third-order valence-electron chi connectivity index (χ3n) is 2.64. The van der Waals surface area contributed by atoms with Crippen LogP contribution in [-0.2, 0) is 6.42 Å². The fraction of sp³-hybridized carbons (Fsp3) is 0.273. The van der Waals surface area contributed by atoms with E-state index >= 15 is 0 Å². The largest absolute Gasteiger partial charge is 0.342 e. The third-order valence-corrected chi connectivity index (χ3v) is 2.90. The Balaban J connectivity index is 0.00000144. The number of nitrogens with zero attached hydrogens (tertiary/aromatic N) is 1. The van der Waals surface area contributed by atoms with Gasteiger partial charge >= 0.3 is 0 Å². The highest BCUT2D eigenvalue weighted by atomic mass is 35.5. The molecular weight excluding hydrogens is 291 g/mol. The molecule has 1 heterocycles. The monoisotopic (exact) mass is 306 g/mol. The summed E-state index contributed by atoms with van der Waals surface area (Å²) in [5, 5.41) is 0. The maximum absolute atomic E-state index is 5.23. The van der Waals surface area contributed by atoms with Gasteiger partial charge in [0.15, 0.2) is 0 Å². The summed E-state index contributed by atoms with van der Waals surface area (Å²) >= 11 is 5.00. The molecule has 0 saturated heterocycles. The summed E-state index contributed by atoms with van der Waals surface area (Å²) in [6, 6.07) is 4.17. The van der Waals surface area contributed by atoms with Gasteiger partial charge in [-0.1, -0.05) is 12.2 Å². The number of H-pyrrole nitrogens is 1.